The van der Waals surface area contributed by atoms with Crippen LogP contribution in [0.3, 0.4) is 0 Å². The Balaban J connectivity index is 1.28. The summed E-state index contributed by atoms with van der Waals surface area (Å²) in [6.45, 7) is 2.06. The fourth-order valence-electron chi connectivity index (χ4n) is 3.09. The largest absolute Gasteiger partial charge is 0.471 e. The van der Waals surface area contributed by atoms with Gasteiger partial charge in [0, 0.05) is 44.5 Å². The van der Waals surface area contributed by atoms with Gasteiger partial charge < -0.3 is 30.8 Å². The maximum atomic E-state index is 12.1. The van der Waals surface area contributed by atoms with Crippen LogP contribution in [0.4, 0.5) is 5.95 Å². The number of hydrogen-bond acceptors (Lipinski definition) is 10. The van der Waals surface area contributed by atoms with E-state index in [1.807, 2.05) is 24.3 Å². The van der Waals surface area contributed by atoms with Gasteiger partial charge in [0.2, 0.25) is 23.6 Å². The molecule has 0 fully saturated rings. The third-order valence-electron chi connectivity index (χ3n) is 4.93. The maximum Gasteiger partial charge on any atom is 0.245 e. The van der Waals surface area contributed by atoms with E-state index >= 15 is 0 Å². The molecule has 0 aliphatic heterocycles. The highest BCUT2D eigenvalue weighted by atomic mass is 33.1. The lowest BCUT2D eigenvalue weighted by molar-refractivity contribution is -0.122. The molecule has 0 saturated heterocycles. The molecular formula is C23H31N7O4S2. The highest BCUT2D eigenvalue weighted by Gasteiger charge is 2.10. The van der Waals surface area contributed by atoms with E-state index in [1.54, 1.807) is 28.7 Å². The number of amides is 2. The first-order valence-corrected chi connectivity index (χ1v) is 14.0. The van der Waals surface area contributed by atoms with Crippen LogP contribution in [-0.4, -0.2) is 63.5 Å². The number of hydrogen-bond donors (Lipinski definition) is 4. The normalized spacial score (nSPS) is 10.9. The first-order valence-electron chi connectivity index (χ1n) is 11.5. The molecular weight excluding hydrogens is 502 g/mol. The molecule has 2 amide bonds. The molecule has 0 unspecified atom stereocenters. The molecule has 0 radical (unpaired) electrons. The molecule has 2 aromatic heterocycles. The number of aromatic amines is 1. The van der Waals surface area contributed by atoms with E-state index in [4.69, 9.17) is 15.2 Å². The van der Waals surface area contributed by atoms with Crippen molar-refractivity contribution in [1.82, 2.24) is 30.6 Å². The molecule has 2 heterocycles. The van der Waals surface area contributed by atoms with Crippen LogP contribution in [0.25, 0.3) is 11.2 Å². The van der Waals surface area contributed by atoms with Gasteiger partial charge in [-0.05, 0) is 17.5 Å². The molecule has 13 heteroatoms. The number of imidazole rings is 1. The van der Waals surface area contributed by atoms with E-state index in [-0.39, 0.29) is 17.8 Å². The number of fused-ring (bicyclic) bond motifs is 1. The SMILES string of the molecule is COCCSSCCNC(=O)CCCC(=O)NCc1ccc(COc2nc(N)nc3nc[nH]c23)cc1. The zero-order valence-electron chi connectivity index (χ0n) is 20.1. The van der Waals surface area contributed by atoms with Gasteiger partial charge in [0.15, 0.2) is 5.65 Å². The lowest BCUT2D eigenvalue weighted by Crippen LogP contribution is -2.26. The summed E-state index contributed by atoms with van der Waals surface area (Å²) in [5, 5.41) is 5.77. The number of benzene rings is 1. The number of rotatable bonds is 16. The molecule has 11 nitrogen and oxygen atoms in total. The monoisotopic (exact) mass is 533 g/mol. The topological polar surface area (TPSA) is 157 Å². The summed E-state index contributed by atoms with van der Waals surface area (Å²) in [5.41, 5.74) is 8.65. The first-order chi connectivity index (χ1) is 17.5. The van der Waals surface area contributed by atoms with Gasteiger partial charge in [-0.2, -0.15) is 9.97 Å². The lowest BCUT2D eigenvalue weighted by atomic mass is 10.1. The minimum absolute atomic E-state index is 0.0268. The van der Waals surface area contributed by atoms with E-state index in [0.717, 1.165) is 29.2 Å². The molecule has 0 aliphatic carbocycles. The van der Waals surface area contributed by atoms with Crippen LogP contribution in [0.15, 0.2) is 30.6 Å². The predicted octanol–water partition coefficient (Wildman–Crippen LogP) is 2.44. The van der Waals surface area contributed by atoms with E-state index in [0.29, 0.717) is 56.0 Å². The van der Waals surface area contributed by atoms with Gasteiger partial charge in [-0.1, -0.05) is 45.9 Å². The number of ether oxygens (including phenoxy) is 2. The Morgan fingerprint density at radius 1 is 1.03 bits per heavy atom. The van der Waals surface area contributed by atoms with Gasteiger partial charge >= 0.3 is 0 Å². The lowest BCUT2D eigenvalue weighted by Gasteiger charge is -2.09. The van der Waals surface area contributed by atoms with Crippen LogP contribution in [0, 0.1) is 0 Å². The third-order valence-corrected chi connectivity index (χ3v) is 7.30. The zero-order valence-corrected chi connectivity index (χ0v) is 21.8. The maximum absolute atomic E-state index is 12.1. The molecule has 36 heavy (non-hydrogen) atoms. The fraction of sp³-hybridized carbons (Fsp3) is 0.435. The number of nitrogens with one attached hydrogen (secondary N) is 3. The van der Waals surface area contributed by atoms with E-state index in [2.05, 4.69) is 30.6 Å². The number of nitrogen functional groups attached to an aromatic ring is 1. The third kappa shape index (κ3) is 9.55. The summed E-state index contributed by atoms with van der Waals surface area (Å²) >= 11 is 0. The number of nitrogens with two attached hydrogens (primary N) is 1. The summed E-state index contributed by atoms with van der Waals surface area (Å²) in [6.07, 6.45) is 2.68. The Bertz CT molecular complexity index is 1110. The highest BCUT2D eigenvalue weighted by Crippen LogP contribution is 2.21. The van der Waals surface area contributed by atoms with Crippen molar-refractivity contribution in [2.45, 2.75) is 32.4 Å². The van der Waals surface area contributed by atoms with Gasteiger partial charge in [0.25, 0.3) is 0 Å². The number of aromatic nitrogens is 4. The molecule has 1 aromatic carbocycles. The van der Waals surface area contributed by atoms with E-state index in [1.165, 1.54) is 6.33 Å². The fourth-order valence-corrected chi connectivity index (χ4v) is 4.90. The van der Waals surface area contributed by atoms with Crippen LogP contribution >= 0.6 is 21.6 Å². The van der Waals surface area contributed by atoms with E-state index in [9.17, 15) is 9.59 Å². The van der Waals surface area contributed by atoms with Crippen molar-refractivity contribution in [3.8, 4) is 5.88 Å². The van der Waals surface area contributed by atoms with Crippen molar-refractivity contribution in [2.75, 3.05) is 37.5 Å². The number of anilines is 1. The summed E-state index contributed by atoms with van der Waals surface area (Å²) in [5.74, 6) is 2.11. The molecule has 3 aromatic rings. The van der Waals surface area contributed by atoms with Crippen molar-refractivity contribution in [3.05, 3.63) is 41.7 Å². The van der Waals surface area contributed by atoms with Crippen molar-refractivity contribution >= 4 is 50.5 Å². The Morgan fingerprint density at radius 2 is 1.75 bits per heavy atom. The minimum Gasteiger partial charge on any atom is -0.471 e. The molecule has 0 bridgehead atoms. The summed E-state index contributed by atoms with van der Waals surface area (Å²) in [7, 11) is 5.12. The average molecular weight is 534 g/mol. The Labute approximate surface area is 217 Å². The Hall–Kier alpha value is -3.03. The van der Waals surface area contributed by atoms with Crippen LogP contribution in [0.5, 0.6) is 5.88 Å². The van der Waals surface area contributed by atoms with Gasteiger partial charge in [-0.3, -0.25) is 9.59 Å². The molecule has 0 saturated carbocycles. The second-order valence-electron chi connectivity index (χ2n) is 7.71. The average Bonchev–Trinajstić information content (AvgIpc) is 3.34. The molecule has 3 rings (SSSR count). The first kappa shape index (κ1) is 27.6. The minimum atomic E-state index is -0.0785. The number of carbonyl (C=O) groups excluding carboxylic acids is 2. The van der Waals surface area contributed by atoms with Crippen LogP contribution in [0.1, 0.15) is 30.4 Å². The van der Waals surface area contributed by atoms with Crippen LogP contribution < -0.4 is 21.1 Å². The van der Waals surface area contributed by atoms with Crippen LogP contribution in [-0.2, 0) is 27.5 Å². The smallest absolute Gasteiger partial charge is 0.245 e. The number of methoxy groups -OCH3 is 1. The number of nitrogens with zero attached hydrogens (tertiary/aromatic N) is 3. The Morgan fingerprint density at radius 3 is 2.53 bits per heavy atom. The predicted molar refractivity (Wildman–Crippen MR) is 142 cm³/mol. The van der Waals surface area contributed by atoms with Gasteiger partial charge in [-0.25, -0.2) is 4.98 Å². The van der Waals surface area contributed by atoms with Crippen molar-refractivity contribution in [1.29, 1.82) is 0 Å². The summed E-state index contributed by atoms with van der Waals surface area (Å²) < 4.78 is 10.8. The van der Waals surface area contributed by atoms with Crippen molar-refractivity contribution in [3.63, 3.8) is 0 Å². The number of H-pyrrole nitrogens is 1. The highest BCUT2D eigenvalue weighted by molar-refractivity contribution is 8.76. The molecule has 194 valence electrons. The quantitative estimate of drug-likeness (QED) is 0.159. The van der Waals surface area contributed by atoms with Gasteiger partial charge in [0.1, 0.15) is 12.1 Å². The Kier molecular flexibility index (Phi) is 11.6. The van der Waals surface area contributed by atoms with Gasteiger partial charge in [0.05, 0.1) is 12.9 Å². The summed E-state index contributed by atoms with van der Waals surface area (Å²) in [6, 6.07) is 7.71. The van der Waals surface area contributed by atoms with E-state index < -0.39 is 0 Å². The second-order valence-corrected chi connectivity index (χ2v) is 10.4. The number of carbonyl (C=O) groups is 2. The van der Waals surface area contributed by atoms with Crippen LogP contribution in [0.2, 0.25) is 0 Å². The zero-order chi connectivity index (χ0) is 25.6. The second kappa shape index (κ2) is 15.2. The van der Waals surface area contributed by atoms with Crippen molar-refractivity contribution in [2.24, 2.45) is 0 Å². The standard InChI is InChI=1S/C23H31N7O4S2/c1-33-10-12-36-35-11-9-25-18(31)3-2-4-19(32)26-13-16-5-7-17(8-6-16)14-34-22-20-21(28-15-27-20)29-23(24)30-22/h5-8,15H,2-4,9-14H2,1H3,(H,25,31)(H,26,32)(H3,24,27,28,29,30). The van der Waals surface area contributed by atoms with Crippen molar-refractivity contribution < 1.29 is 19.1 Å². The van der Waals surface area contributed by atoms with Gasteiger partial charge in [-0.15, -0.1) is 0 Å². The molecule has 5 N–H and O–H groups in total. The summed E-state index contributed by atoms with van der Waals surface area (Å²) in [4.78, 5) is 39.2. The molecule has 0 atom stereocenters. The molecule has 0 aliphatic rings. The molecule has 0 spiro atoms.